The summed E-state index contributed by atoms with van der Waals surface area (Å²) >= 11 is 3.43. The fourth-order valence-electron chi connectivity index (χ4n) is 2.11. The van der Waals surface area contributed by atoms with E-state index < -0.39 is 0 Å². The summed E-state index contributed by atoms with van der Waals surface area (Å²) in [5.74, 6) is 1.72. The molecule has 0 aliphatic carbocycles. The number of pyridine rings is 1. The molecule has 1 aromatic carbocycles. The van der Waals surface area contributed by atoms with Gasteiger partial charge in [-0.3, -0.25) is 4.57 Å². The first-order valence-corrected chi connectivity index (χ1v) is 6.96. The number of hydrogen-bond donors (Lipinski definition) is 1. The van der Waals surface area contributed by atoms with Crippen molar-refractivity contribution in [3.63, 3.8) is 0 Å². The maximum Gasteiger partial charge on any atom is 0.145 e. The molecule has 2 heterocycles. The number of nitrogens with two attached hydrogens (primary N) is 1. The number of imidazole rings is 1. The van der Waals surface area contributed by atoms with Crippen LogP contribution in [0.25, 0.3) is 17.2 Å². The van der Waals surface area contributed by atoms with Crippen LogP contribution < -0.4 is 5.73 Å². The zero-order valence-electron chi connectivity index (χ0n) is 10.9. The molecular weight excluding hydrogens is 316 g/mol. The SMILES string of the molecule is Cc1cc(Br)cnc1-n1ccnc1-c1ccc(N)cc1. The van der Waals surface area contributed by atoms with Gasteiger partial charge < -0.3 is 5.73 Å². The minimum Gasteiger partial charge on any atom is -0.399 e. The highest BCUT2D eigenvalue weighted by atomic mass is 79.9. The lowest BCUT2D eigenvalue weighted by atomic mass is 10.2. The maximum absolute atomic E-state index is 5.73. The van der Waals surface area contributed by atoms with Gasteiger partial charge in [-0.05, 0) is 58.7 Å². The second-order valence-electron chi connectivity index (χ2n) is 4.54. The van der Waals surface area contributed by atoms with E-state index in [0.29, 0.717) is 0 Å². The molecule has 0 saturated heterocycles. The van der Waals surface area contributed by atoms with Crippen LogP contribution in [0.4, 0.5) is 5.69 Å². The number of nitrogen functional groups attached to an aromatic ring is 1. The van der Waals surface area contributed by atoms with Gasteiger partial charge in [-0.25, -0.2) is 9.97 Å². The number of aryl methyl sites for hydroxylation is 1. The van der Waals surface area contributed by atoms with Crippen molar-refractivity contribution in [2.75, 3.05) is 5.73 Å². The molecule has 0 aliphatic rings. The lowest BCUT2D eigenvalue weighted by Gasteiger charge is -2.10. The highest BCUT2D eigenvalue weighted by Gasteiger charge is 2.10. The predicted octanol–water partition coefficient (Wildman–Crippen LogP) is 3.59. The Morgan fingerprint density at radius 3 is 2.60 bits per heavy atom. The fourth-order valence-corrected chi connectivity index (χ4v) is 2.55. The molecule has 0 bridgehead atoms. The van der Waals surface area contributed by atoms with Crippen molar-refractivity contribution in [1.29, 1.82) is 0 Å². The summed E-state index contributed by atoms with van der Waals surface area (Å²) in [4.78, 5) is 8.90. The Bertz CT molecular complexity index is 747. The van der Waals surface area contributed by atoms with E-state index in [9.17, 15) is 0 Å². The summed E-state index contributed by atoms with van der Waals surface area (Å²) in [5, 5.41) is 0. The number of rotatable bonds is 2. The average molecular weight is 329 g/mol. The molecule has 3 aromatic rings. The second kappa shape index (κ2) is 5.09. The van der Waals surface area contributed by atoms with E-state index in [1.54, 1.807) is 12.4 Å². The van der Waals surface area contributed by atoms with E-state index in [-0.39, 0.29) is 0 Å². The maximum atomic E-state index is 5.73. The zero-order valence-corrected chi connectivity index (χ0v) is 12.5. The molecule has 0 aliphatic heterocycles. The van der Waals surface area contributed by atoms with Crippen LogP contribution in [0, 0.1) is 6.92 Å². The van der Waals surface area contributed by atoms with E-state index in [0.717, 1.165) is 32.9 Å². The molecular formula is C15H13BrN4. The van der Waals surface area contributed by atoms with Crippen LogP contribution in [0.3, 0.4) is 0 Å². The molecule has 0 spiro atoms. The summed E-state index contributed by atoms with van der Waals surface area (Å²) in [5.41, 5.74) is 8.55. The monoisotopic (exact) mass is 328 g/mol. The van der Waals surface area contributed by atoms with Gasteiger partial charge in [0.2, 0.25) is 0 Å². The molecule has 4 nitrogen and oxygen atoms in total. The zero-order chi connectivity index (χ0) is 14.1. The smallest absolute Gasteiger partial charge is 0.145 e. The first-order chi connectivity index (χ1) is 9.65. The number of anilines is 1. The second-order valence-corrected chi connectivity index (χ2v) is 5.45. The molecule has 5 heteroatoms. The van der Waals surface area contributed by atoms with Gasteiger partial charge in [0.25, 0.3) is 0 Å². The number of aromatic nitrogens is 3. The molecule has 0 radical (unpaired) electrons. The minimum atomic E-state index is 0.741. The van der Waals surface area contributed by atoms with E-state index in [4.69, 9.17) is 5.73 Å². The van der Waals surface area contributed by atoms with Crippen molar-refractivity contribution in [2.24, 2.45) is 0 Å². The van der Waals surface area contributed by atoms with Gasteiger partial charge in [-0.2, -0.15) is 0 Å². The summed E-state index contributed by atoms with van der Waals surface area (Å²) < 4.78 is 2.95. The topological polar surface area (TPSA) is 56.7 Å². The largest absolute Gasteiger partial charge is 0.399 e. The molecule has 0 fully saturated rings. The van der Waals surface area contributed by atoms with Gasteiger partial charge in [-0.1, -0.05) is 0 Å². The first-order valence-electron chi connectivity index (χ1n) is 6.17. The fraction of sp³-hybridized carbons (Fsp3) is 0.0667. The normalized spacial score (nSPS) is 10.7. The molecule has 0 amide bonds. The highest BCUT2D eigenvalue weighted by molar-refractivity contribution is 9.10. The van der Waals surface area contributed by atoms with Crippen LogP contribution in [0.15, 0.2) is 53.4 Å². The molecule has 20 heavy (non-hydrogen) atoms. The van der Waals surface area contributed by atoms with E-state index in [1.807, 2.05) is 48.0 Å². The van der Waals surface area contributed by atoms with Gasteiger partial charge in [0.05, 0.1) is 0 Å². The number of benzene rings is 1. The molecule has 0 unspecified atom stereocenters. The molecule has 2 N–H and O–H groups in total. The Morgan fingerprint density at radius 2 is 1.90 bits per heavy atom. The van der Waals surface area contributed by atoms with Gasteiger partial charge >= 0.3 is 0 Å². The van der Waals surface area contributed by atoms with Gasteiger partial charge in [0.1, 0.15) is 11.6 Å². The minimum absolute atomic E-state index is 0.741. The summed E-state index contributed by atoms with van der Waals surface area (Å²) in [6.07, 6.45) is 5.47. The Morgan fingerprint density at radius 1 is 1.15 bits per heavy atom. The Kier molecular flexibility index (Phi) is 3.28. The standard InChI is InChI=1S/C15H13BrN4/c1-10-8-12(16)9-19-14(10)20-7-6-18-15(20)11-2-4-13(17)5-3-11/h2-9H,17H2,1H3. The summed E-state index contributed by atoms with van der Waals surface area (Å²) in [6.45, 7) is 2.03. The predicted molar refractivity (Wildman–Crippen MR) is 83.6 cm³/mol. The van der Waals surface area contributed by atoms with E-state index in [2.05, 4.69) is 25.9 Å². The van der Waals surface area contributed by atoms with Crippen LogP contribution in [0.2, 0.25) is 0 Å². The first kappa shape index (κ1) is 12.9. The third kappa shape index (κ3) is 2.32. The van der Waals surface area contributed by atoms with Crippen molar-refractivity contribution in [3.05, 3.63) is 59.0 Å². The van der Waals surface area contributed by atoms with Crippen LogP contribution in [-0.4, -0.2) is 14.5 Å². The van der Waals surface area contributed by atoms with Crippen molar-refractivity contribution < 1.29 is 0 Å². The third-order valence-electron chi connectivity index (χ3n) is 3.06. The molecule has 3 rings (SSSR count). The summed E-state index contributed by atoms with van der Waals surface area (Å²) in [7, 11) is 0. The Balaban J connectivity index is 2.12. The van der Waals surface area contributed by atoms with Gasteiger partial charge in [0.15, 0.2) is 0 Å². The van der Waals surface area contributed by atoms with Crippen molar-refractivity contribution >= 4 is 21.6 Å². The van der Waals surface area contributed by atoms with Crippen molar-refractivity contribution in [1.82, 2.24) is 14.5 Å². The average Bonchev–Trinajstić information content (AvgIpc) is 2.88. The molecule has 2 aromatic heterocycles. The van der Waals surface area contributed by atoms with Gasteiger partial charge in [-0.15, -0.1) is 0 Å². The highest BCUT2D eigenvalue weighted by Crippen LogP contribution is 2.24. The Labute approximate surface area is 125 Å². The number of hydrogen-bond acceptors (Lipinski definition) is 3. The number of nitrogens with zero attached hydrogens (tertiary/aromatic N) is 3. The van der Waals surface area contributed by atoms with Crippen molar-refractivity contribution in [2.45, 2.75) is 6.92 Å². The van der Waals surface area contributed by atoms with Crippen LogP contribution >= 0.6 is 15.9 Å². The van der Waals surface area contributed by atoms with Gasteiger partial charge in [0, 0.05) is 34.3 Å². The van der Waals surface area contributed by atoms with E-state index >= 15 is 0 Å². The van der Waals surface area contributed by atoms with Crippen LogP contribution in [0.1, 0.15) is 5.56 Å². The Hall–Kier alpha value is -2.14. The lowest BCUT2D eigenvalue weighted by Crippen LogP contribution is -2.01. The van der Waals surface area contributed by atoms with Crippen LogP contribution in [0.5, 0.6) is 0 Å². The summed E-state index contributed by atoms with van der Waals surface area (Å²) in [6, 6.07) is 9.70. The van der Waals surface area contributed by atoms with E-state index in [1.165, 1.54) is 0 Å². The quantitative estimate of drug-likeness (QED) is 0.731. The third-order valence-corrected chi connectivity index (χ3v) is 3.49. The van der Waals surface area contributed by atoms with Crippen LogP contribution in [-0.2, 0) is 0 Å². The molecule has 0 atom stereocenters. The molecule has 100 valence electrons. The molecule has 0 saturated carbocycles. The lowest BCUT2D eigenvalue weighted by molar-refractivity contribution is 0.981. The number of halogens is 1. The van der Waals surface area contributed by atoms with Crippen molar-refractivity contribution in [3.8, 4) is 17.2 Å².